The maximum Gasteiger partial charge on any atom is 0.226 e. The summed E-state index contributed by atoms with van der Waals surface area (Å²) in [4.78, 5) is 20.4. The number of benzene rings is 1. The van der Waals surface area contributed by atoms with Crippen molar-refractivity contribution in [3.05, 3.63) is 65.5 Å². The van der Waals surface area contributed by atoms with Crippen molar-refractivity contribution in [1.29, 1.82) is 0 Å². The molecule has 2 saturated heterocycles. The van der Waals surface area contributed by atoms with E-state index in [0.717, 1.165) is 37.9 Å². The van der Waals surface area contributed by atoms with Crippen LogP contribution in [0.25, 0.3) is 0 Å². The molecule has 4 rings (SSSR count). The average molecular weight is 450 g/mol. The van der Waals surface area contributed by atoms with E-state index in [9.17, 15) is 4.79 Å². The maximum absolute atomic E-state index is 13.4. The number of carbonyl (C=O) groups excluding carboxylic acids is 1. The average Bonchev–Trinajstić information content (AvgIpc) is 2.85. The van der Waals surface area contributed by atoms with E-state index in [4.69, 9.17) is 4.74 Å². The van der Waals surface area contributed by atoms with Crippen LogP contribution in [0.2, 0.25) is 0 Å². The van der Waals surface area contributed by atoms with Crippen LogP contribution in [0.3, 0.4) is 0 Å². The molecule has 1 N–H and O–H groups in total. The van der Waals surface area contributed by atoms with E-state index < -0.39 is 5.41 Å². The van der Waals surface area contributed by atoms with Gasteiger partial charge in [-0.15, -0.1) is 0 Å². The molecular weight excluding hydrogens is 410 g/mol. The highest BCUT2D eigenvalue weighted by Crippen LogP contribution is 2.36. The fourth-order valence-electron chi connectivity index (χ4n) is 5.38. The largest absolute Gasteiger partial charge is 0.381 e. The Morgan fingerprint density at radius 3 is 2.82 bits per heavy atom. The van der Waals surface area contributed by atoms with Crippen molar-refractivity contribution < 1.29 is 9.53 Å². The van der Waals surface area contributed by atoms with Gasteiger partial charge in [-0.05, 0) is 81.7 Å². The molecular formula is C28H39N3O2. The molecule has 0 bridgehead atoms. The smallest absolute Gasteiger partial charge is 0.226 e. The quantitative estimate of drug-likeness (QED) is 0.650. The van der Waals surface area contributed by atoms with Gasteiger partial charge in [0, 0.05) is 50.7 Å². The third-order valence-corrected chi connectivity index (χ3v) is 7.47. The number of hydrogen-bond donors (Lipinski definition) is 1. The van der Waals surface area contributed by atoms with Crippen molar-refractivity contribution in [1.82, 2.24) is 15.2 Å². The van der Waals surface area contributed by atoms with Crippen molar-refractivity contribution in [3.8, 4) is 0 Å². The Morgan fingerprint density at radius 2 is 2.06 bits per heavy atom. The molecule has 3 heterocycles. The van der Waals surface area contributed by atoms with Gasteiger partial charge in [0.15, 0.2) is 0 Å². The molecule has 2 aliphatic heterocycles. The van der Waals surface area contributed by atoms with Crippen LogP contribution in [-0.4, -0.2) is 54.7 Å². The normalized spacial score (nSPS) is 21.1. The molecule has 2 aliphatic rings. The first-order chi connectivity index (χ1) is 16.1. The van der Waals surface area contributed by atoms with Gasteiger partial charge >= 0.3 is 0 Å². The standard InChI is InChI=1S/C28H39N3O2/c1-22(2)31-16-6-9-25(21-31)24-8-5-7-23(19-24)20-28(12-17-33-18-13-28)27(32)30-15-11-26-10-3-4-14-29-26/h3-5,7-8,10,14,19,22,25H,6,9,11-13,15-18,20-21H2,1-2H3,(H,30,32). The second kappa shape index (κ2) is 11.3. The minimum Gasteiger partial charge on any atom is -0.381 e. The molecule has 0 spiro atoms. The van der Waals surface area contributed by atoms with Crippen LogP contribution < -0.4 is 5.32 Å². The first kappa shape index (κ1) is 23.9. The van der Waals surface area contributed by atoms with Gasteiger partial charge in [0.2, 0.25) is 5.91 Å². The molecule has 0 aliphatic carbocycles. The number of ether oxygens (including phenoxy) is 1. The number of carbonyl (C=O) groups is 1. The van der Waals surface area contributed by atoms with Crippen molar-refractivity contribution in [2.24, 2.45) is 5.41 Å². The molecule has 178 valence electrons. The summed E-state index contributed by atoms with van der Waals surface area (Å²) in [5.41, 5.74) is 3.32. The second-order valence-corrected chi connectivity index (χ2v) is 10.1. The highest BCUT2D eigenvalue weighted by molar-refractivity contribution is 5.83. The Balaban J connectivity index is 1.43. The Labute approximate surface area is 198 Å². The summed E-state index contributed by atoms with van der Waals surface area (Å²) >= 11 is 0. The highest BCUT2D eigenvalue weighted by Gasteiger charge is 2.40. The molecule has 5 heteroatoms. The molecule has 0 radical (unpaired) electrons. The van der Waals surface area contributed by atoms with Crippen molar-refractivity contribution >= 4 is 5.91 Å². The number of nitrogens with one attached hydrogen (secondary N) is 1. The summed E-state index contributed by atoms with van der Waals surface area (Å²) in [5, 5.41) is 3.22. The van der Waals surface area contributed by atoms with E-state index in [2.05, 4.69) is 53.3 Å². The first-order valence-electron chi connectivity index (χ1n) is 12.6. The second-order valence-electron chi connectivity index (χ2n) is 10.1. The zero-order chi connectivity index (χ0) is 23.1. The van der Waals surface area contributed by atoms with Gasteiger partial charge < -0.3 is 15.0 Å². The first-order valence-corrected chi connectivity index (χ1v) is 12.6. The van der Waals surface area contributed by atoms with Gasteiger partial charge in [0.05, 0.1) is 5.41 Å². The van der Waals surface area contributed by atoms with Gasteiger partial charge in [-0.3, -0.25) is 9.78 Å². The number of pyridine rings is 1. The van der Waals surface area contributed by atoms with E-state index in [1.165, 1.54) is 30.5 Å². The van der Waals surface area contributed by atoms with Crippen LogP contribution in [0.15, 0.2) is 48.7 Å². The molecule has 33 heavy (non-hydrogen) atoms. The number of aromatic nitrogens is 1. The lowest BCUT2D eigenvalue weighted by Crippen LogP contribution is -2.46. The van der Waals surface area contributed by atoms with E-state index in [0.29, 0.717) is 31.7 Å². The Morgan fingerprint density at radius 1 is 1.21 bits per heavy atom. The topological polar surface area (TPSA) is 54.5 Å². The molecule has 5 nitrogen and oxygen atoms in total. The van der Waals surface area contributed by atoms with E-state index in [1.54, 1.807) is 6.20 Å². The van der Waals surface area contributed by atoms with E-state index in [1.807, 2.05) is 18.2 Å². The predicted molar refractivity (Wildman–Crippen MR) is 132 cm³/mol. The molecule has 1 unspecified atom stereocenters. The monoisotopic (exact) mass is 449 g/mol. The van der Waals surface area contributed by atoms with Crippen molar-refractivity contribution in [2.45, 2.75) is 64.3 Å². The molecule has 0 saturated carbocycles. The number of likely N-dealkylation sites (tertiary alicyclic amines) is 1. The molecule has 2 fully saturated rings. The van der Waals surface area contributed by atoms with Crippen LogP contribution in [0.4, 0.5) is 0 Å². The molecule has 1 amide bonds. The Bertz CT molecular complexity index is 893. The minimum atomic E-state index is -0.391. The highest BCUT2D eigenvalue weighted by atomic mass is 16.5. The number of amides is 1. The zero-order valence-electron chi connectivity index (χ0n) is 20.3. The van der Waals surface area contributed by atoms with Crippen molar-refractivity contribution in [2.75, 3.05) is 32.8 Å². The van der Waals surface area contributed by atoms with Gasteiger partial charge in [0.1, 0.15) is 0 Å². The zero-order valence-corrected chi connectivity index (χ0v) is 20.3. The van der Waals surface area contributed by atoms with Gasteiger partial charge in [-0.2, -0.15) is 0 Å². The Hall–Kier alpha value is -2.24. The fraction of sp³-hybridized carbons (Fsp3) is 0.571. The lowest BCUT2D eigenvalue weighted by molar-refractivity contribution is -0.136. The molecule has 2 aromatic rings. The third kappa shape index (κ3) is 6.21. The minimum absolute atomic E-state index is 0.163. The van der Waals surface area contributed by atoms with Crippen LogP contribution in [0.5, 0.6) is 0 Å². The fourth-order valence-corrected chi connectivity index (χ4v) is 5.38. The number of hydrogen-bond acceptors (Lipinski definition) is 4. The van der Waals surface area contributed by atoms with Gasteiger partial charge in [0.25, 0.3) is 0 Å². The SMILES string of the molecule is CC(C)N1CCCC(c2cccc(CC3(C(=O)NCCc4ccccn4)CCOCC3)c2)C1. The van der Waals surface area contributed by atoms with Crippen LogP contribution in [0.1, 0.15) is 62.3 Å². The summed E-state index contributed by atoms with van der Waals surface area (Å²) in [7, 11) is 0. The number of rotatable bonds is 8. The lowest BCUT2D eigenvalue weighted by atomic mass is 9.74. The molecule has 1 atom stereocenters. The van der Waals surface area contributed by atoms with Gasteiger partial charge in [-0.1, -0.05) is 30.3 Å². The molecule has 1 aromatic heterocycles. The summed E-state index contributed by atoms with van der Waals surface area (Å²) in [6.07, 6.45) is 7.39. The predicted octanol–water partition coefficient (Wildman–Crippen LogP) is 4.37. The summed E-state index contributed by atoms with van der Waals surface area (Å²) in [6.45, 7) is 8.84. The van der Waals surface area contributed by atoms with Gasteiger partial charge in [-0.25, -0.2) is 0 Å². The number of piperidine rings is 1. The third-order valence-electron chi connectivity index (χ3n) is 7.47. The molecule has 1 aromatic carbocycles. The summed E-state index contributed by atoms with van der Waals surface area (Å²) in [5.74, 6) is 0.745. The summed E-state index contributed by atoms with van der Waals surface area (Å²) < 4.78 is 5.64. The van der Waals surface area contributed by atoms with E-state index >= 15 is 0 Å². The van der Waals surface area contributed by atoms with Crippen LogP contribution in [-0.2, 0) is 22.4 Å². The van der Waals surface area contributed by atoms with Crippen LogP contribution >= 0.6 is 0 Å². The Kier molecular flexibility index (Phi) is 8.15. The lowest BCUT2D eigenvalue weighted by Gasteiger charge is -2.37. The van der Waals surface area contributed by atoms with Crippen molar-refractivity contribution in [3.63, 3.8) is 0 Å². The maximum atomic E-state index is 13.4. The van der Waals surface area contributed by atoms with E-state index in [-0.39, 0.29) is 5.91 Å². The summed E-state index contributed by atoms with van der Waals surface area (Å²) in [6, 6.07) is 15.5. The number of nitrogens with zero attached hydrogens (tertiary/aromatic N) is 2. The van der Waals surface area contributed by atoms with Crippen LogP contribution in [0, 0.1) is 5.41 Å².